The summed E-state index contributed by atoms with van der Waals surface area (Å²) in [7, 11) is 0.335. The maximum Gasteiger partial charge on any atom is 0.229 e. The van der Waals surface area contributed by atoms with Crippen LogP contribution in [0.15, 0.2) is 59.6 Å². The van der Waals surface area contributed by atoms with Crippen molar-refractivity contribution >= 4 is 45.0 Å². The molecule has 1 atom stereocenters. The maximum atomic E-state index is 14.8. The molecule has 4 rings (SSSR count). The lowest BCUT2D eigenvalue weighted by atomic mass is 10.2. The Morgan fingerprint density at radius 2 is 1.97 bits per heavy atom. The van der Waals surface area contributed by atoms with Gasteiger partial charge in [-0.05, 0) is 56.4 Å². The molecular weight excluding hydrogens is 391 g/mol. The Labute approximate surface area is 169 Å². The molecule has 0 radical (unpaired) electrons. The van der Waals surface area contributed by atoms with Crippen LogP contribution in [0.3, 0.4) is 0 Å². The minimum atomic E-state index is -1.29. The SMILES string of the molecule is CNS(=O)c1cccc(Nc2nccc(Nc3ccc4[nH]c(C)cc4c3F)n2)c1. The molecule has 9 heteroatoms. The predicted octanol–water partition coefficient (Wildman–Crippen LogP) is 4.13. The molecule has 4 aromatic rings. The van der Waals surface area contributed by atoms with Gasteiger partial charge in [0, 0.05) is 28.5 Å². The van der Waals surface area contributed by atoms with Gasteiger partial charge < -0.3 is 15.6 Å². The van der Waals surface area contributed by atoms with Gasteiger partial charge in [0.25, 0.3) is 0 Å². The van der Waals surface area contributed by atoms with E-state index < -0.39 is 11.0 Å². The van der Waals surface area contributed by atoms with E-state index in [4.69, 9.17) is 0 Å². The summed E-state index contributed by atoms with van der Waals surface area (Å²) in [5.74, 6) is 0.437. The van der Waals surface area contributed by atoms with Crippen LogP contribution in [-0.2, 0) is 11.0 Å². The maximum absolute atomic E-state index is 14.8. The summed E-state index contributed by atoms with van der Waals surface area (Å²) in [6, 6.07) is 14.0. The second-order valence-corrected chi connectivity index (χ2v) is 7.77. The van der Waals surface area contributed by atoms with Crippen molar-refractivity contribution in [1.29, 1.82) is 0 Å². The molecule has 4 N–H and O–H groups in total. The molecule has 0 saturated carbocycles. The van der Waals surface area contributed by atoms with Crippen molar-refractivity contribution in [2.75, 3.05) is 17.7 Å². The van der Waals surface area contributed by atoms with E-state index in [-0.39, 0.29) is 5.82 Å². The first-order valence-corrected chi connectivity index (χ1v) is 10.0. The number of anilines is 4. The Morgan fingerprint density at radius 3 is 2.79 bits per heavy atom. The molecule has 0 spiro atoms. The zero-order chi connectivity index (χ0) is 20.4. The molecule has 148 valence electrons. The van der Waals surface area contributed by atoms with Gasteiger partial charge in [-0.25, -0.2) is 18.3 Å². The Balaban J connectivity index is 1.57. The molecule has 0 fully saturated rings. The molecule has 2 heterocycles. The Hall–Kier alpha value is -3.30. The smallest absolute Gasteiger partial charge is 0.229 e. The van der Waals surface area contributed by atoms with E-state index in [1.165, 1.54) is 0 Å². The molecule has 2 aromatic heterocycles. The highest BCUT2D eigenvalue weighted by atomic mass is 32.2. The summed E-state index contributed by atoms with van der Waals surface area (Å²) in [6.07, 6.45) is 1.57. The van der Waals surface area contributed by atoms with Gasteiger partial charge in [-0.1, -0.05) is 6.07 Å². The minimum Gasteiger partial charge on any atom is -0.359 e. The van der Waals surface area contributed by atoms with Gasteiger partial charge in [-0.2, -0.15) is 4.98 Å². The highest BCUT2D eigenvalue weighted by Crippen LogP contribution is 2.27. The highest BCUT2D eigenvalue weighted by Gasteiger charge is 2.11. The average Bonchev–Trinajstić information content (AvgIpc) is 3.11. The van der Waals surface area contributed by atoms with Crippen LogP contribution in [0.25, 0.3) is 10.9 Å². The molecule has 1 unspecified atom stereocenters. The largest absolute Gasteiger partial charge is 0.359 e. The number of halogens is 1. The lowest BCUT2D eigenvalue weighted by Gasteiger charge is -2.10. The zero-order valence-corrected chi connectivity index (χ0v) is 16.6. The minimum absolute atomic E-state index is 0.326. The summed E-state index contributed by atoms with van der Waals surface area (Å²) in [6.45, 7) is 1.88. The fraction of sp³-hybridized carbons (Fsp3) is 0.100. The van der Waals surface area contributed by atoms with Crippen LogP contribution in [0.5, 0.6) is 0 Å². The van der Waals surface area contributed by atoms with Crippen LogP contribution in [-0.4, -0.2) is 26.2 Å². The van der Waals surface area contributed by atoms with Gasteiger partial charge in [0.1, 0.15) is 16.8 Å². The predicted molar refractivity (Wildman–Crippen MR) is 114 cm³/mol. The van der Waals surface area contributed by atoms with Crippen molar-refractivity contribution in [2.24, 2.45) is 0 Å². The lowest BCUT2D eigenvalue weighted by Crippen LogP contribution is -2.10. The zero-order valence-electron chi connectivity index (χ0n) is 15.8. The number of rotatable bonds is 6. The first-order valence-electron chi connectivity index (χ1n) is 8.87. The van der Waals surface area contributed by atoms with E-state index in [2.05, 4.69) is 30.3 Å². The quantitative estimate of drug-likeness (QED) is 0.383. The van der Waals surface area contributed by atoms with E-state index >= 15 is 0 Å². The van der Waals surface area contributed by atoms with Gasteiger partial charge in [0.15, 0.2) is 5.82 Å². The van der Waals surface area contributed by atoms with Gasteiger partial charge in [0.2, 0.25) is 5.95 Å². The van der Waals surface area contributed by atoms with Crippen LogP contribution >= 0.6 is 0 Å². The van der Waals surface area contributed by atoms with Gasteiger partial charge in [-0.3, -0.25) is 0 Å². The first-order chi connectivity index (χ1) is 14.0. The molecule has 0 aliphatic carbocycles. The average molecular weight is 410 g/mol. The summed E-state index contributed by atoms with van der Waals surface area (Å²) in [4.78, 5) is 12.3. The molecular formula is C20H19FN6OS. The van der Waals surface area contributed by atoms with E-state index in [0.29, 0.717) is 33.4 Å². The number of aryl methyl sites for hydroxylation is 1. The van der Waals surface area contributed by atoms with Crippen molar-refractivity contribution in [1.82, 2.24) is 19.7 Å². The van der Waals surface area contributed by atoms with Gasteiger partial charge in [-0.15, -0.1) is 0 Å². The van der Waals surface area contributed by atoms with Gasteiger partial charge in [0.05, 0.1) is 10.6 Å². The van der Waals surface area contributed by atoms with Crippen molar-refractivity contribution in [2.45, 2.75) is 11.8 Å². The molecule has 0 aliphatic rings. The molecule has 0 aliphatic heterocycles. The highest BCUT2D eigenvalue weighted by molar-refractivity contribution is 7.83. The Kier molecular flexibility index (Phi) is 5.24. The van der Waals surface area contributed by atoms with Crippen molar-refractivity contribution < 1.29 is 8.60 Å². The van der Waals surface area contributed by atoms with E-state index in [0.717, 1.165) is 11.2 Å². The molecule has 0 saturated heterocycles. The number of hydrogen-bond acceptors (Lipinski definition) is 5. The number of fused-ring (bicyclic) bond motifs is 1. The monoisotopic (exact) mass is 410 g/mol. The topological polar surface area (TPSA) is 94.7 Å². The second-order valence-electron chi connectivity index (χ2n) is 6.36. The summed E-state index contributed by atoms with van der Waals surface area (Å²) < 4.78 is 29.4. The summed E-state index contributed by atoms with van der Waals surface area (Å²) in [5.41, 5.74) is 2.66. The number of H-pyrrole nitrogens is 1. The third-order valence-electron chi connectivity index (χ3n) is 4.28. The number of benzene rings is 2. The normalized spacial score (nSPS) is 12.1. The molecule has 0 amide bonds. The van der Waals surface area contributed by atoms with E-state index in [9.17, 15) is 8.60 Å². The Bertz CT molecular complexity index is 1210. The third-order valence-corrected chi connectivity index (χ3v) is 5.33. The number of aromatic nitrogens is 3. The van der Waals surface area contributed by atoms with Crippen molar-refractivity contribution in [3.8, 4) is 0 Å². The number of nitrogens with zero attached hydrogens (tertiary/aromatic N) is 2. The van der Waals surface area contributed by atoms with Gasteiger partial charge >= 0.3 is 0 Å². The molecule has 2 aromatic carbocycles. The standard InChI is InChI=1S/C20H19FN6OS/c1-12-10-15-16(24-12)6-7-17(19(15)21)26-18-8-9-23-20(27-18)25-13-4-3-5-14(11-13)29(28)22-2/h3-11,22,24H,1-2H3,(H2,23,25,26,27). The molecule has 0 bridgehead atoms. The van der Waals surface area contributed by atoms with Crippen LogP contribution < -0.4 is 15.4 Å². The Morgan fingerprint density at radius 1 is 1.10 bits per heavy atom. The molecule has 29 heavy (non-hydrogen) atoms. The van der Waals surface area contributed by atoms with Crippen molar-refractivity contribution in [3.05, 3.63) is 66.2 Å². The number of hydrogen-bond donors (Lipinski definition) is 4. The second kappa shape index (κ2) is 7.98. The van der Waals surface area contributed by atoms with Crippen LogP contribution in [0.2, 0.25) is 0 Å². The van der Waals surface area contributed by atoms with Crippen molar-refractivity contribution in [3.63, 3.8) is 0 Å². The third kappa shape index (κ3) is 4.10. The lowest BCUT2D eigenvalue weighted by molar-refractivity contribution is 0.644. The first kappa shape index (κ1) is 19.0. The van der Waals surface area contributed by atoms with Crippen LogP contribution in [0.4, 0.5) is 27.5 Å². The number of aromatic amines is 1. The van der Waals surface area contributed by atoms with E-state index in [1.54, 1.807) is 49.6 Å². The van der Waals surface area contributed by atoms with E-state index in [1.807, 2.05) is 19.1 Å². The number of nitrogens with one attached hydrogen (secondary N) is 4. The fourth-order valence-electron chi connectivity index (χ4n) is 2.97. The molecule has 7 nitrogen and oxygen atoms in total. The van der Waals surface area contributed by atoms with Crippen LogP contribution in [0, 0.1) is 12.7 Å². The van der Waals surface area contributed by atoms with Crippen LogP contribution in [0.1, 0.15) is 5.69 Å². The summed E-state index contributed by atoms with van der Waals surface area (Å²) >= 11 is 0. The summed E-state index contributed by atoms with van der Waals surface area (Å²) in [5, 5.41) is 6.60. The fourth-order valence-corrected chi connectivity index (χ4v) is 3.64.